The van der Waals surface area contributed by atoms with E-state index >= 15 is 0 Å². The molecule has 0 aromatic rings. The third-order valence-electron chi connectivity index (χ3n) is 16.0. The van der Waals surface area contributed by atoms with Gasteiger partial charge in [0.15, 0.2) is 0 Å². The molecule has 3 atom stereocenters. The van der Waals surface area contributed by atoms with Gasteiger partial charge in [0.1, 0.15) is 0 Å². The summed E-state index contributed by atoms with van der Waals surface area (Å²) in [6.07, 6.45) is 70.1. The van der Waals surface area contributed by atoms with Gasteiger partial charge in [-0.1, -0.05) is 328 Å². The molecule has 73 heavy (non-hydrogen) atoms. The van der Waals surface area contributed by atoms with Crippen molar-refractivity contribution < 1.29 is 29.6 Å². The Labute approximate surface area is 456 Å². The van der Waals surface area contributed by atoms with E-state index in [0.29, 0.717) is 32.3 Å². The molecular formula is C66H131NO6. The molecule has 436 valence electrons. The molecule has 3 unspecified atom stereocenters. The second-order valence-corrected chi connectivity index (χ2v) is 23.3. The van der Waals surface area contributed by atoms with Gasteiger partial charge in [-0.15, -0.1) is 0 Å². The number of carbonyl (C=O) groups is 2. The average molecular weight is 1030 g/mol. The first-order chi connectivity index (χ1) is 35.9. The third-order valence-corrected chi connectivity index (χ3v) is 16.0. The molecule has 0 aliphatic rings. The SMILES string of the molecule is CCCCCCCCCCCCCCCC(=O)OCCCCCCCCCCCCCCCCCCCCCCCCCCCCCCCC(=O)NC(CO)C(O)CCC(O)CCCCCCCCCCCC. The first kappa shape index (κ1) is 71.8. The zero-order valence-corrected chi connectivity index (χ0v) is 49.5. The van der Waals surface area contributed by atoms with Gasteiger partial charge in [-0.05, 0) is 38.5 Å². The molecule has 0 spiro atoms. The fraction of sp³-hybridized carbons (Fsp3) is 0.970. The number of amides is 1. The molecule has 0 rings (SSSR count). The van der Waals surface area contributed by atoms with Crippen molar-refractivity contribution in [2.24, 2.45) is 0 Å². The van der Waals surface area contributed by atoms with Crippen LogP contribution in [0.5, 0.6) is 0 Å². The Morgan fingerprint density at radius 1 is 0.342 bits per heavy atom. The van der Waals surface area contributed by atoms with Crippen LogP contribution in [-0.4, -0.2) is 58.7 Å². The normalized spacial score (nSPS) is 12.9. The largest absolute Gasteiger partial charge is 0.466 e. The molecule has 0 bridgehead atoms. The van der Waals surface area contributed by atoms with Crippen molar-refractivity contribution in [2.75, 3.05) is 13.2 Å². The van der Waals surface area contributed by atoms with Crippen LogP contribution < -0.4 is 5.32 Å². The van der Waals surface area contributed by atoms with Crippen LogP contribution in [0.4, 0.5) is 0 Å². The second kappa shape index (κ2) is 61.7. The maximum Gasteiger partial charge on any atom is 0.305 e. The molecule has 1 amide bonds. The lowest BCUT2D eigenvalue weighted by Gasteiger charge is -2.23. The van der Waals surface area contributed by atoms with Crippen molar-refractivity contribution in [3.05, 3.63) is 0 Å². The summed E-state index contributed by atoms with van der Waals surface area (Å²) in [4.78, 5) is 24.5. The predicted molar refractivity (Wildman–Crippen MR) is 317 cm³/mol. The van der Waals surface area contributed by atoms with Crippen LogP contribution in [-0.2, 0) is 14.3 Å². The number of esters is 1. The summed E-state index contributed by atoms with van der Waals surface area (Å²) in [6, 6.07) is -0.659. The number of aliphatic hydroxyl groups excluding tert-OH is 3. The Morgan fingerprint density at radius 2 is 0.616 bits per heavy atom. The van der Waals surface area contributed by atoms with Crippen LogP contribution in [0.25, 0.3) is 0 Å². The lowest BCUT2D eigenvalue weighted by molar-refractivity contribution is -0.143. The number of ether oxygens (including phenoxy) is 1. The van der Waals surface area contributed by atoms with E-state index in [1.165, 1.54) is 295 Å². The summed E-state index contributed by atoms with van der Waals surface area (Å²) in [7, 11) is 0. The van der Waals surface area contributed by atoms with Gasteiger partial charge in [0, 0.05) is 12.8 Å². The van der Waals surface area contributed by atoms with E-state index in [9.17, 15) is 24.9 Å². The quantitative estimate of drug-likeness (QED) is 0.0356. The molecule has 0 aliphatic heterocycles. The maximum atomic E-state index is 12.5. The zero-order chi connectivity index (χ0) is 53.0. The topological polar surface area (TPSA) is 116 Å². The standard InChI is InChI=1S/C66H131NO6/c1-3-5-7-9-11-13-15-33-37-41-45-49-53-57-66(72)73-60-54-50-46-42-38-35-32-30-28-26-24-22-20-18-16-17-19-21-23-25-27-29-31-34-36-40-44-48-52-56-65(71)67-63(61-68)64(70)59-58-62(69)55-51-47-43-39-14-12-10-8-6-4-2/h62-64,68-70H,3-61H2,1-2H3,(H,67,71). The summed E-state index contributed by atoms with van der Waals surface area (Å²) < 4.78 is 5.49. The van der Waals surface area contributed by atoms with Crippen LogP contribution in [0.1, 0.15) is 380 Å². The van der Waals surface area contributed by atoms with Crippen molar-refractivity contribution in [3.63, 3.8) is 0 Å². The Morgan fingerprint density at radius 3 is 0.932 bits per heavy atom. The van der Waals surface area contributed by atoms with Crippen molar-refractivity contribution in [1.29, 1.82) is 0 Å². The highest BCUT2D eigenvalue weighted by molar-refractivity contribution is 5.76. The molecule has 0 saturated heterocycles. The Kier molecular flexibility index (Phi) is 60.7. The van der Waals surface area contributed by atoms with E-state index in [-0.39, 0.29) is 18.5 Å². The predicted octanol–water partition coefficient (Wildman–Crippen LogP) is 20.0. The number of hydrogen-bond donors (Lipinski definition) is 4. The van der Waals surface area contributed by atoms with Crippen LogP contribution >= 0.6 is 0 Å². The van der Waals surface area contributed by atoms with E-state index in [1.807, 2.05) is 0 Å². The molecular weight excluding hydrogens is 903 g/mol. The van der Waals surface area contributed by atoms with Gasteiger partial charge in [0.25, 0.3) is 0 Å². The molecule has 7 heteroatoms. The van der Waals surface area contributed by atoms with Gasteiger partial charge in [-0.2, -0.15) is 0 Å². The van der Waals surface area contributed by atoms with E-state index < -0.39 is 18.2 Å². The zero-order valence-electron chi connectivity index (χ0n) is 49.5. The number of rotatable bonds is 63. The number of unbranched alkanes of at least 4 members (excludes halogenated alkanes) is 49. The molecule has 0 aromatic carbocycles. The lowest BCUT2D eigenvalue weighted by Crippen LogP contribution is -2.46. The van der Waals surface area contributed by atoms with Crippen molar-refractivity contribution in [2.45, 2.75) is 398 Å². The molecule has 0 saturated carbocycles. The van der Waals surface area contributed by atoms with E-state index in [4.69, 9.17) is 4.74 Å². The summed E-state index contributed by atoms with van der Waals surface area (Å²) in [5.41, 5.74) is 0. The highest BCUT2D eigenvalue weighted by Gasteiger charge is 2.21. The molecule has 4 N–H and O–H groups in total. The average Bonchev–Trinajstić information content (AvgIpc) is 3.39. The first-order valence-corrected chi connectivity index (χ1v) is 33.4. The maximum absolute atomic E-state index is 12.5. The van der Waals surface area contributed by atoms with Crippen LogP contribution in [0.2, 0.25) is 0 Å². The molecule has 0 radical (unpaired) electrons. The molecule has 0 aromatic heterocycles. The smallest absolute Gasteiger partial charge is 0.305 e. The number of aliphatic hydroxyl groups is 3. The van der Waals surface area contributed by atoms with Gasteiger partial charge >= 0.3 is 5.97 Å². The molecule has 0 fully saturated rings. The number of hydrogen-bond acceptors (Lipinski definition) is 6. The summed E-state index contributed by atoms with van der Waals surface area (Å²) in [6.45, 7) is 4.88. The van der Waals surface area contributed by atoms with Gasteiger partial charge in [-0.25, -0.2) is 0 Å². The second-order valence-electron chi connectivity index (χ2n) is 23.3. The highest BCUT2D eigenvalue weighted by atomic mass is 16.5. The minimum absolute atomic E-state index is 0.0195. The fourth-order valence-electron chi connectivity index (χ4n) is 10.8. The number of nitrogens with one attached hydrogen (secondary N) is 1. The van der Waals surface area contributed by atoms with Crippen molar-refractivity contribution in [1.82, 2.24) is 5.32 Å². The summed E-state index contributed by atoms with van der Waals surface area (Å²) in [5, 5.41) is 33.6. The van der Waals surface area contributed by atoms with Crippen LogP contribution in [0.15, 0.2) is 0 Å². The van der Waals surface area contributed by atoms with Crippen LogP contribution in [0.3, 0.4) is 0 Å². The fourth-order valence-corrected chi connectivity index (χ4v) is 10.8. The molecule has 0 heterocycles. The van der Waals surface area contributed by atoms with Crippen LogP contribution in [0, 0.1) is 0 Å². The monoisotopic (exact) mass is 1030 g/mol. The van der Waals surface area contributed by atoms with Gasteiger partial charge in [0.05, 0.1) is 31.5 Å². The van der Waals surface area contributed by atoms with E-state index in [2.05, 4.69) is 19.2 Å². The van der Waals surface area contributed by atoms with Gasteiger partial charge < -0.3 is 25.4 Å². The van der Waals surface area contributed by atoms with E-state index in [0.717, 1.165) is 44.9 Å². The first-order valence-electron chi connectivity index (χ1n) is 33.4. The van der Waals surface area contributed by atoms with E-state index in [1.54, 1.807) is 0 Å². The minimum atomic E-state index is -0.836. The van der Waals surface area contributed by atoms with Gasteiger partial charge in [0.2, 0.25) is 5.91 Å². The van der Waals surface area contributed by atoms with Crippen molar-refractivity contribution in [3.8, 4) is 0 Å². The van der Waals surface area contributed by atoms with Crippen molar-refractivity contribution >= 4 is 11.9 Å². The Hall–Kier alpha value is -1.18. The Balaban J connectivity index is 3.35. The van der Waals surface area contributed by atoms with Gasteiger partial charge in [-0.3, -0.25) is 9.59 Å². The highest BCUT2D eigenvalue weighted by Crippen LogP contribution is 2.19. The summed E-state index contributed by atoms with van der Waals surface area (Å²) >= 11 is 0. The molecule has 0 aliphatic carbocycles. The summed E-state index contributed by atoms with van der Waals surface area (Å²) in [5.74, 6) is -0.0737. The Bertz CT molecular complexity index is 1070. The minimum Gasteiger partial charge on any atom is -0.466 e. The molecule has 7 nitrogen and oxygen atoms in total. The third kappa shape index (κ3) is 58.3. The lowest BCUT2D eigenvalue weighted by atomic mass is 9.99. The number of carbonyl (C=O) groups excluding carboxylic acids is 2.